The second-order valence-corrected chi connectivity index (χ2v) is 10.6. The average Bonchev–Trinajstić information content (AvgIpc) is 2.71. The first-order valence-electron chi connectivity index (χ1n) is 10.4. The number of ether oxygens (including phenoxy) is 2. The van der Waals surface area contributed by atoms with Gasteiger partial charge in [-0.3, -0.25) is 19.7 Å². The van der Waals surface area contributed by atoms with Crippen molar-refractivity contribution in [3.63, 3.8) is 0 Å². The van der Waals surface area contributed by atoms with Crippen LogP contribution in [0.1, 0.15) is 38.3 Å². The van der Waals surface area contributed by atoms with Crippen molar-refractivity contribution in [2.24, 2.45) is 0 Å². The predicted molar refractivity (Wildman–Crippen MR) is 126 cm³/mol. The monoisotopic (exact) mass is 475 g/mol. The molecule has 178 valence electrons. The molecule has 1 aliphatic rings. The Bertz CT molecular complexity index is 1150. The van der Waals surface area contributed by atoms with Crippen LogP contribution >= 0.6 is 0 Å². The van der Waals surface area contributed by atoms with Gasteiger partial charge in [0.2, 0.25) is 15.9 Å². The van der Waals surface area contributed by atoms with E-state index in [1.807, 2.05) is 32.9 Å². The molecule has 3 rings (SSSR count). The van der Waals surface area contributed by atoms with E-state index in [2.05, 4.69) is 10.0 Å². The number of imide groups is 1. The van der Waals surface area contributed by atoms with Crippen molar-refractivity contribution in [3.8, 4) is 11.5 Å². The molecule has 2 N–H and O–H groups in total. The second kappa shape index (κ2) is 9.30. The van der Waals surface area contributed by atoms with Crippen LogP contribution in [0.4, 0.5) is 16.2 Å². The number of sulfonamides is 1. The topological polar surface area (TPSA) is 114 Å². The third kappa shape index (κ3) is 6.16. The number of methoxy groups -OCH3 is 1. The van der Waals surface area contributed by atoms with Gasteiger partial charge in [0.15, 0.2) is 0 Å². The van der Waals surface area contributed by atoms with Crippen LogP contribution in [0.2, 0.25) is 0 Å². The van der Waals surface area contributed by atoms with Gasteiger partial charge in [0, 0.05) is 35.5 Å². The van der Waals surface area contributed by atoms with Gasteiger partial charge in [0.25, 0.3) is 0 Å². The lowest BCUT2D eigenvalue weighted by atomic mass is 9.84. The highest BCUT2D eigenvalue weighted by Crippen LogP contribution is 2.38. The van der Waals surface area contributed by atoms with Crippen molar-refractivity contribution in [3.05, 3.63) is 47.5 Å². The highest BCUT2D eigenvalue weighted by atomic mass is 32.2. The molecule has 3 amide bonds. The average molecular weight is 476 g/mol. The molecule has 0 aromatic heterocycles. The van der Waals surface area contributed by atoms with Crippen molar-refractivity contribution in [2.45, 2.75) is 39.2 Å². The minimum atomic E-state index is -3.36. The van der Waals surface area contributed by atoms with Crippen LogP contribution in [0.5, 0.6) is 11.5 Å². The summed E-state index contributed by atoms with van der Waals surface area (Å²) in [4.78, 5) is 25.5. The normalized spacial score (nSPS) is 14.6. The van der Waals surface area contributed by atoms with Crippen molar-refractivity contribution >= 4 is 33.3 Å². The third-order valence-corrected chi connectivity index (χ3v) is 5.69. The number of carbonyl (C=O) groups excluding carboxylic acids is 2. The largest absolute Gasteiger partial charge is 0.496 e. The molecule has 0 bridgehead atoms. The smallest absolute Gasteiger partial charge is 0.328 e. The Labute approximate surface area is 194 Å². The summed E-state index contributed by atoms with van der Waals surface area (Å²) in [5, 5.41) is 2.35. The molecule has 0 saturated carbocycles. The van der Waals surface area contributed by atoms with Crippen LogP contribution in [0.3, 0.4) is 0 Å². The lowest BCUT2D eigenvalue weighted by Crippen LogP contribution is -2.49. The molecule has 9 nitrogen and oxygen atoms in total. The Morgan fingerprint density at radius 1 is 1.12 bits per heavy atom. The van der Waals surface area contributed by atoms with Crippen molar-refractivity contribution < 1.29 is 27.5 Å². The van der Waals surface area contributed by atoms with E-state index in [9.17, 15) is 18.0 Å². The first-order valence-corrected chi connectivity index (χ1v) is 12.3. The summed E-state index contributed by atoms with van der Waals surface area (Å²) in [5.41, 5.74) is 2.44. The Morgan fingerprint density at radius 3 is 2.33 bits per heavy atom. The van der Waals surface area contributed by atoms with Gasteiger partial charge in [-0.25, -0.2) is 13.2 Å². The summed E-state index contributed by atoms with van der Waals surface area (Å²) < 4.78 is 36.8. The van der Waals surface area contributed by atoms with E-state index in [1.54, 1.807) is 31.4 Å². The molecule has 0 radical (unpaired) electrons. The van der Waals surface area contributed by atoms with Gasteiger partial charge in [-0.15, -0.1) is 0 Å². The number of carbonyl (C=O) groups is 2. The molecule has 0 unspecified atom stereocenters. The fourth-order valence-corrected chi connectivity index (χ4v) is 4.10. The number of nitrogens with one attached hydrogen (secondary N) is 2. The fraction of sp³-hybridized carbons (Fsp3) is 0.391. The van der Waals surface area contributed by atoms with Crippen LogP contribution < -0.4 is 24.4 Å². The van der Waals surface area contributed by atoms with E-state index in [0.29, 0.717) is 22.9 Å². The lowest BCUT2D eigenvalue weighted by molar-refractivity contribution is -0.120. The molecule has 1 aliphatic heterocycles. The number of hydrogen-bond donors (Lipinski definition) is 2. The molecule has 2 aromatic carbocycles. The summed E-state index contributed by atoms with van der Waals surface area (Å²) in [6.45, 7) is 6.59. The van der Waals surface area contributed by atoms with Gasteiger partial charge in [-0.2, -0.15) is 0 Å². The molecule has 1 heterocycles. The Hall–Kier alpha value is -3.27. The highest BCUT2D eigenvalue weighted by molar-refractivity contribution is 7.92. The third-order valence-electron chi connectivity index (χ3n) is 5.08. The summed E-state index contributed by atoms with van der Waals surface area (Å²) in [6, 6.07) is 9.82. The molecule has 2 aromatic rings. The number of benzene rings is 2. The van der Waals surface area contributed by atoms with E-state index in [1.165, 1.54) is 4.90 Å². The summed E-state index contributed by atoms with van der Waals surface area (Å²) >= 11 is 0. The SMILES string of the molecule is COc1c(COc2ccc(NS(C)(=O)=O)cc2)cc(N2CCC(=O)NC2=O)cc1C(C)(C)C. The maximum Gasteiger partial charge on any atom is 0.328 e. The Balaban J connectivity index is 1.91. The first kappa shape index (κ1) is 24.4. The molecule has 10 heteroatoms. The predicted octanol–water partition coefficient (Wildman–Crippen LogP) is 3.39. The van der Waals surface area contributed by atoms with Gasteiger partial charge in [0.1, 0.15) is 18.1 Å². The van der Waals surface area contributed by atoms with Crippen LogP contribution in [0.15, 0.2) is 36.4 Å². The summed E-state index contributed by atoms with van der Waals surface area (Å²) in [6.07, 6.45) is 1.31. The Kier molecular flexibility index (Phi) is 6.87. The summed E-state index contributed by atoms with van der Waals surface area (Å²) in [7, 11) is -1.77. The van der Waals surface area contributed by atoms with E-state index in [-0.39, 0.29) is 30.9 Å². The van der Waals surface area contributed by atoms with Gasteiger partial charge in [0.05, 0.1) is 13.4 Å². The lowest BCUT2D eigenvalue weighted by Gasteiger charge is -2.30. The van der Waals surface area contributed by atoms with Crippen molar-refractivity contribution in [1.82, 2.24) is 5.32 Å². The van der Waals surface area contributed by atoms with Gasteiger partial charge < -0.3 is 9.47 Å². The number of nitrogens with zero attached hydrogens (tertiary/aromatic N) is 1. The molecular formula is C23H29N3O6S. The zero-order chi connectivity index (χ0) is 24.4. The number of urea groups is 1. The molecule has 33 heavy (non-hydrogen) atoms. The fourth-order valence-electron chi connectivity index (χ4n) is 3.54. The van der Waals surface area contributed by atoms with E-state index < -0.39 is 16.1 Å². The van der Waals surface area contributed by atoms with Gasteiger partial charge in [-0.05, 0) is 41.8 Å². The molecule has 0 aliphatic carbocycles. The van der Waals surface area contributed by atoms with Gasteiger partial charge >= 0.3 is 6.03 Å². The van der Waals surface area contributed by atoms with Crippen LogP contribution in [0, 0.1) is 0 Å². The summed E-state index contributed by atoms with van der Waals surface area (Å²) in [5.74, 6) is 0.911. The first-order chi connectivity index (χ1) is 15.4. The number of anilines is 2. The number of amides is 3. The Morgan fingerprint density at radius 2 is 1.79 bits per heavy atom. The molecule has 1 saturated heterocycles. The van der Waals surface area contributed by atoms with Crippen molar-refractivity contribution in [1.29, 1.82) is 0 Å². The van der Waals surface area contributed by atoms with Crippen LogP contribution in [-0.4, -0.2) is 40.3 Å². The zero-order valence-electron chi connectivity index (χ0n) is 19.4. The van der Waals surface area contributed by atoms with E-state index >= 15 is 0 Å². The van der Waals surface area contributed by atoms with E-state index in [0.717, 1.165) is 17.4 Å². The van der Waals surface area contributed by atoms with Gasteiger partial charge in [-0.1, -0.05) is 20.8 Å². The second-order valence-electron chi connectivity index (χ2n) is 8.88. The number of rotatable bonds is 7. The van der Waals surface area contributed by atoms with Crippen LogP contribution in [0.25, 0.3) is 0 Å². The standard InChI is InChI=1S/C23H29N3O6S/c1-23(2,3)19-13-17(26-11-10-20(27)24-22(26)28)12-15(21(19)31-4)14-32-18-8-6-16(7-9-18)25-33(5,29)30/h6-9,12-13,25H,10-11,14H2,1-5H3,(H,24,27,28). The molecule has 0 atom stereocenters. The quantitative estimate of drug-likeness (QED) is 0.635. The molecular weight excluding hydrogens is 446 g/mol. The maximum atomic E-state index is 12.4. The minimum Gasteiger partial charge on any atom is -0.496 e. The molecule has 0 spiro atoms. The van der Waals surface area contributed by atoms with Crippen molar-refractivity contribution in [2.75, 3.05) is 29.5 Å². The highest BCUT2D eigenvalue weighted by Gasteiger charge is 2.28. The maximum absolute atomic E-state index is 12.4. The zero-order valence-corrected chi connectivity index (χ0v) is 20.2. The van der Waals surface area contributed by atoms with E-state index in [4.69, 9.17) is 9.47 Å². The minimum absolute atomic E-state index is 0.160. The van der Waals surface area contributed by atoms with Crippen LogP contribution in [-0.2, 0) is 26.8 Å². The number of hydrogen-bond acceptors (Lipinski definition) is 6. The molecule has 1 fully saturated rings.